The van der Waals surface area contributed by atoms with E-state index in [0.717, 1.165) is 18.0 Å². The number of sulfonamides is 2. The number of urea groups is 1. The van der Waals surface area contributed by atoms with E-state index in [9.17, 15) is 26.2 Å². The summed E-state index contributed by atoms with van der Waals surface area (Å²) < 4.78 is 64.5. The third-order valence-corrected chi connectivity index (χ3v) is 6.35. The Labute approximate surface area is 241 Å². The van der Waals surface area contributed by atoms with Gasteiger partial charge in [0, 0.05) is 30.1 Å². The Bertz CT molecular complexity index is 1060. The van der Waals surface area contributed by atoms with E-state index in [-0.39, 0.29) is 85.7 Å². The molecule has 32 heavy (non-hydrogen) atoms. The Balaban J connectivity index is 0. The second kappa shape index (κ2) is 13.8. The van der Waals surface area contributed by atoms with Gasteiger partial charge in [0.15, 0.2) is 0 Å². The Morgan fingerprint density at radius 3 is 2.06 bits per heavy atom. The van der Waals surface area contributed by atoms with Crippen molar-refractivity contribution < 1.29 is 40.5 Å². The van der Waals surface area contributed by atoms with Crippen LogP contribution in [0.1, 0.15) is 5.56 Å². The third kappa shape index (κ3) is 11.1. The summed E-state index contributed by atoms with van der Waals surface area (Å²) in [5.74, 6) is -0.643. The summed E-state index contributed by atoms with van der Waals surface area (Å²) in [5, 5.41) is 0.0827. The van der Waals surface area contributed by atoms with E-state index in [1.807, 2.05) is 0 Å². The predicted octanol–water partition coefficient (Wildman–Crippen LogP) is -0.257. The summed E-state index contributed by atoms with van der Waals surface area (Å²) in [5.41, 5.74) is 0.0651. The number of phosphoric acid groups is 1. The average molecular weight is 576 g/mol. The van der Waals surface area contributed by atoms with E-state index in [2.05, 4.69) is 4.52 Å². The first-order chi connectivity index (χ1) is 13.5. The van der Waals surface area contributed by atoms with Crippen molar-refractivity contribution in [2.24, 2.45) is 0 Å². The number of carbonyl (C=O) groups is 1. The zero-order valence-corrected chi connectivity index (χ0v) is 20.0. The van der Waals surface area contributed by atoms with Crippen LogP contribution in [0.3, 0.4) is 0 Å². The molecular weight excluding hydrogens is 554 g/mol. The fourth-order valence-electron chi connectivity index (χ4n) is 2.21. The first-order valence-electron chi connectivity index (χ1n) is 7.80. The molecule has 0 atom stereocenters. The second-order valence-corrected chi connectivity index (χ2v) is 11.7. The number of rotatable bonds is 9. The minimum atomic E-state index is -4.96. The molecule has 176 valence electrons. The van der Waals surface area contributed by atoms with E-state index >= 15 is 0 Å². The van der Waals surface area contributed by atoms with E-state index < -0.39 is 47.0 Å². The van der Waals surface area contributed by atoms with Gasteiger partial charge in [-0.15, -0.1) is 16.0 Å². The molecule has 0 unspecified atom stereocenters. The first kappa shape index (κ1) is 35.0. The molecule has 1 aromatic carbocycles. The first-order valence-corrected chi connectivity index (χ1v) is 13.9. The molecule has 2 amide bonds. The van der Waals surface area contributed by atoms with Crippen molar-refractivity contribution >= 4 is 116 Å². The molecule has 0 radical (unpaired) electrons. The van der Waals surface area contributed by atoms with Crippen LogP contribution in [-0.4, -0.2) is 137 Å². The number of carbonyl (C=O) groups excluding carboxylic acids is 1. The maximum atomic E-state index is 12.8. The van der Waals surface area contributed by atoms with E-state index in [1.165, 1.54) is 12.1 Å². The van der Waals surface area contributed by atoms with Gasteiger partial charge in [0.2, 0.25) is 10.0 Å². The monoisotopic (exact) mass is 575 g/mol. The third-order valence-electron chi connectivity index (χ3n) is 3.32. The van der Waals surface area contributed by atoms with Gasteiger partial charge in [-0.1, -0.05) is 22.1 Å². The van der Waals surface area contributed by atoms with Gasteiger partial charge in [-0.05, 0) is 12.1 Å². The molecule has 1 rings (SSSR count). The van der Waals surface area contributed by atoms with Crippen molar-refractivity contribution in [1.82, 2.24) is 13.7 Å². The molecular formula is C13H22Cl2N3Na2O9PS2. The van der Waals surface area contributed by atoms with Gasteiger partial charge in [-0.3, -0.25) is 9.79 Å². The van der Waals surface area contributed by atoms with Crippen molar-refractivity contribution in [2.75, 3.05) is 32.0 Å². The van der Waals surface area contributed by atoms with Crippen molar-refractivity contribution in [3.8, 4) is 5.75 Å². The van der Waals surface area contributed by atoms with Crippen LogP contribution in [0.5, 0.6) is 5.75 Å². The molecule has 12 nitrogen and oxygen atoms in total. The fraction of sp³-hybridized carbons (Fsp3) is 0.462. The summed E-state index contributed by atoms with van der Waals surface area (Å²) >= 11 is 11.3. The maximum absolute atomic E-state index is 12.8. The summed E-state index contributed by atoms with van der Waals surface area (Å²) in [6.45, 7) is -0.906. The van der Waals surface area contributed by atoms with Crippen LogP contribution in [0.15, 0.2) is 18.2 Å². The van der Waals surface area contributed by atoms with Crippen molar-refractivity contribution in [1.29, 1.82) is 0 Å². The van der Waals surface area contributed by atoms with E-state index in [1.54, 1.807) is 0 Å². The summed E-state index contributed by atoms with van der Waals surface area (Å²) in [6.07, 6.45) is 1.34. The summed E-state index contributed by atoms with van der Waals surface area (Å²) in [7, 11) is -12.4. The normalized spacial score (nSPS) is 11.9. The van der Waals surface area contributed by atoms with Crippen LogP contribution < -0.4 is 4.52 Å². The van der Waals surface area contributed by atoms with Crippen molar-refractivity contribution in [3.63, 3.8) is 0 Å². The molecule has 0 saturated carbocycles. The Kier molecular flexibility index (Phi) is 15.1. The van der Waals surface area contributed by atoms with Crippen molar-refractivity contribution in [2.45, 2.75) is 6.54 Å². The van der Waals surface area contributed by atoms with Gasteiger partial charge < -0.3 is 9.42 Å². The van der Waals surface area contributed by atoms with Gasteiger partial charge in [-0.25, -0.2) is 26.2 Å². The Morgan fingerprint density at radius 2 is 1.66 bits per heavy atom. The van der Waals surface area contributed by atoms with Crippen LogP contribution in [0.4, 0.5) is 4.79 Å². The van der Waals surface area contributed by atoms with Gasteiger partial charge in [0.25, 0.3) is 10.0 Å². The van der Waals surface area contributed by atoms with Gasteiger partial charge in [-0.2, -0.15) is 0 Å². The van der Waals surface area contributed by atoms with Crippen LogP contribution in [0, 0.1) is 0 Å². The molecule has 19 heteroatoms. The number of hydrogen-bond acceptors (Lipinski definition) is 7. The van der Waals surface area contributed by atoms with Gasteiger partial charge >= 0.3 is 73.0 Å². The zero-order valence-electron chi connectivity index (χ0n) is 16.0. The average Bonchev–Trinajstić information content (AvgIpc) is 2.53. The topological polar surface area (TPSA) is 162 Å². The molecule has 0 aromatic heterocycles. The number of alkyl halides is 1. The van der Waals surface area contributed by atoms with Crippen molar-refractivity contribution in [3.05, 3.63) is 28.8 Å². The number of amides is 2. The van der Waals surface area contributed by atoms with E-state index in [0.29, 0.717) is 16.9 Å². The molecule has 0 spiro atoms. The van der Waals surface area contributed by atoms with Crippen LogP contribution in [-0.2, 0) is 31.2 Å². The zero-order chi connectivity index (χ0) is 23.5. The number of hydrogen-bond donors (Lipinski definition) is 2. The summed E-state index contributed by atoms with van der Waals surface area (Å²) in [6, 6.07) is 2.49. The second-order valence-electron chi connectivity index (χ2n) is 5.98. The standard InChI is InChI=1S/C13H20Cl2N3O9PS2.2Na.2H/c1-16(9-10-4-5-11(15)8-12(10)27-28(20,21)22)13(19)18(30(3,25)26)17(7-6-14)29(2,23)24;;;;/h4-5,8H,6-7,9H2,1-3H3,(H2,20,21,22);;;;. The van der Waals surface area contributed by atoms with Gasteiger partial charge in [0.1, 0.15) is 5.75 Å². The van der Waals surface area contributed by atoms with Crippen LogP contribution >= 0.6 is 31.0 Å². The minimum absolute atomic E-state index is 0. The molecule has 2 N–H and O–H groups in total. The number of benzene rings is 1. The number of phosphoric ester groups is 1. The molecule has 0 aliphatic heterocycles. The number of halogens is 2. The van der Waals surface area contributed by atoms with Crippen LogP contribution in [0.25, 0.3) is 0 Å². The molecule has 0 bridgehead atoms. The molecule has 0 aliphatic rings. The molecule has 0 fully saturated rings. The van der Waals surface area contributed by atoms with E-state index in [4.69, 9.17) is 33.0 Å². The molecule has 0 aliphatic carbocycles. The Hall–Kier alpha value is 0.880. The van der Waals surface area contributed by atoms with Crippen LogP contribution in [0.2, 0.25) is 5.02 Å². The number of hydrazine groups is 1. The van der Waals surface area contributed by atoms with Gasteiger partial charge in [0.05, 0.1) is 19.1 Å². The predicted molar refractivity (Wildman–Crippen MR) is 124 cm³/mol. The molecule has 1 aromatic rings. The fourth-order valence-corrected chi connectivity index (χ4v) is 5.38. The summed E-state index contributed by atoms with van der Waals surface area (Å²) in [4.78, 5) is 31.7. The molecule has 0 heterocycles. The Morgan fingerprint density at radius 1 is 1.12 bits per heavy atom. The quantitative estimate of drug-likeness (QED) is 0.175. The number of nitrogens with zero attached hydrogens (tertiary/aromatic N) is 3. The SMILES string of the molecule is CN(Cc1ccc(Cl)cc1OP(=O)(O)O)C(=O)N(N(CCCl)S(C)(=O)=O)S(C)(=O)=O.[NaH].[NaH]. The molecule has 0 saturated heterocycles.